The maximum absolute atomic E-state index is 11.3. The van der Waals surface area contributed by atoms with Gasteiger partial charge in [-0.25, -0.2) is 9.79 Å². The number of nitrogens with two attached hydrogens (primary N) is 2. The first-order valence-electron chi connectivity index (χ1n) is 5.60. The lowest BCUT2D eigenvalue weighted by Gasteiger charge is -2.09. The van der Waals surface area contributed by atoms with Crippen molar-refractivity contribution in [2.45, 2.75) is 26.5 Å². The van der Waals surface area contributed by atoms with Crippen LogP contribution < -0.4 is 16.8 Å². The zero-order valence-electron chi connectivity index (χ0n) is 10.5. The van der Waals surface area contributed by atoms with Gasteiger partial charge in [-0.3, -0.25) is 0 Å². The van der Waals surface area contributed by atoms with Crippen LogP contribution in [0.5, 0.6) is 0 Å². The second-order valence-electron chi connectivity index (χ2n) is 4.01. The first-order valence-corrected chi connectivity index (χ1v) is 5.60. The summed E-state index contributed by atoms with van der Waals surface area (Å²) in [6.45, 7) is 3.99. The summed E-state index contributed by atoms with van der Waals surface area (Å²) in [6.07, 6.45) is -0.562. The number of carbonyl (C=O) groups excluding carboxylic acids is 1. The largest absolute Gasteiger partial charge is 0.447 e. The first kappa shape index (κ1) is 13.8. The highest BCUT2D eigenvalue weighted by atomic mass is 16.6. The lowest BCUT2D eigenvalue weighted by atomic mass is 10.2. The van der Waals surface area contributed by atoms with Crippen LogP contribution in [0.3, 0.4) is 0 Å². The number of hydrogen-bond acceptors (Lipinski definition) is 3. The third-order valence-corrected chi connectivity index (χ3v) is 1.97. The molecule has 0 aromatic heterocycles. The van der Waals surface area contributed by atoms with Gasteiger partial charge in [0.15, 0.2) is 5.96 Å². The number of alkyl carbamates (subject to hydrolysis) is 1. The maximum Gasteiger partial charge on any atom is 0.407 e. The van der Waals surface area contributed by atoms with E-state index in [4.69, 9.17) is 16.2 Å². The molecule has 1 aromatic carbocycles. The van der Waals surface area contributed by atoms with Gasteiger partial charge in [-0.05, 0) is 31.5 Å². The molecule has 18 heavy (non-hydrogen) atoms. The predicted octanol–water partition coefficient (Wildman–Crippen LogP) is 1.23. The quantitative estimate of drug-likeness (QED) is 0.552. The van der Waals surface area contributed by atoms with Gasteiger partial charge in [0.25, 0.3) is 0 Å². The van der Waals surface area contributed by atoms with Gasteiger partial charge in [-0.15, -0.1) is 0 Å². The highest BCUT2D eigenvalue weighted by Crippen LogP contribution is 2.12. The molecule has 6 nitrogen and oxygen atoms in total. The van der Waals surface area contributed by atoms with E-state index in [1.165, 1.54) is 0 Å². The molecule has 0 aliphatic carbocycles. The number of rotatable bonds is 4. The average Bonchev–Trinajstić information content (AvgIpc) is 2.26. The summed E-state index contributed by atoms with van der Waals surface area (Å²) in [5.41, 5.74) is 12.1. The predicted molar refractivity (Wildman–Crippen MR) is 70.4 cm³/mol. The van der Waals surface area contributed by atoms with Crippen molar-refractivity contribution < 1.29 is 9.53 Å². The summed E-state index contributed by atoms with van der Waals surface area (Å²) in [5.74, 6) is 0.0152. The van der Waals surface area contributed by atoms with E-state index in [9.17, 15) is 4.79 Å². The Morgan fingerprint density at radius 1 is 1.33 bits per heavy atom. The number of hydrogen-bond donors (Lipinski definition) is 3. The molecule has 1 rings (SSSR count). The van der Waals surface area contributed by atoms with E-state index in [1.54, 1.807) is 26.0 Å². The Morgan fingerprint density at radius 3 is 2.44 bits per heavy atom. The van der Waals surface area contributed by atoms with Gasteiger partial charge >= 0.3 is 6.09 Å². The van der Waals surface area contributed by atoms with Crippen LogP contribution in [-0.2, 0) is 11.3 Å². The summed E-state index contributed by atoms with van der Waals surface area (Å²) >= 11 is 0. The maximum atomic E-state index is 11.3. The second kappa shape index (κ2) is 6.48. The van der Waals surface area contributed by atoms with Crippen LogP contribution in [-0.4, -0.2) is 18.2 Å². The molecular formula is C12H18N4O2. The highest BCUT2D eigenvalue weighted by Gasteiger charge is 2.04. The summed E-state index contributed by atoms with van der Waals surface area (Å²) in [5, 5.41) is 2.64. The molecule has 0 spiro atoms. The van der Waals surface area contributed by atoms with E-state index in [-0.39, 0.29) is 12.1 Å². The van der Waals surface area contributed by atoms with Crippen LogP contribution in [0, 0.1) is 0 Å². The van der Waals surface area contributed by atoms with Crippen LogP contribution in [0.25, 0.3) is 0 Å². The standard InChI is InChI=1S/C12H18N4O2/c1-8(2)18-12(17)15-7-9-3-5-10(6-4-9)16-11(13)14/h3-6,8H,7H2,1-2H3,(H,15,17)(H4,13,14,16). The zero-order chi connectivity index (χ0) is 13.5. The topological polar surface area (TPSA) is 103 Å². The Kier molecular flexibility index (Phi) is 4.98. The summed E-state index contributed by atoms with van der Waals surface area (Å²) in [6, 6.07) is 7.20. The minimum Gasteiger partial charge on any atom is -0.447 e. The molecule has 0 fully saturated rings. The Morgan fingerprint density at radius 2 is 1.94 bits per heavy atom. The molecule has 0 aliphatic rings. The van der Waals surface area contributed by atoms with Crippen molar-refractivity contribution in [3.63, 3.8) is 0 Å². The third-order valence-electron chi connectivity index (χ3n) is 1.97. The Labute approximate surface area is 106 Å². The van der Waals surface area contributed by atoms with E-state index >= 15 is 0 Å². The normalized spacial score (nSPS) is 9.94. The number of carbonyl (C=O) groups is 1. The molecule has 0 heterocycles. The van der Waals surface area contributed by atoms with Gasteiger partial charge in [0.05, 0.1) is 11.8 Å². The Bertz CT molecular complexity index is 422. The molecule has 0 bridgehead atoms. The lowest BCUT2D eigenvalue weighted by molar-refractivity contribution is 0.115. The van der Waals surface area contributed by atoms with E-state index in [1.807, 2.05) is 12.1 Å². The molecule has 1 amide bonds. The second-order valence-corrected chi connectivity index (χ2v) is 4.01. The van der Waals surface area contributed by atoms with Crippen LogP contribution in [0.4, 0.5) is 10.5 Å². The van der Waals surface area contributed by atoms with E-state index in [0.717, 1.165) is 5.56 Å². The third kappa shape index (κ3) is 5.20. The molecular weight excluding hydrogens is 232 g/mol. The number of nitrogens with zero attached hydrogens (tertiary/aromatic N) is 1. The molecule has 0 unspecified atom stereocenters. The zero-order valence-corrected chi connectivity index (χ0v) is 10.5. The van der Waals surface area contributed by atoms with E-state index in [0.29, 0.717) is 12.2 Å². The minimum absolute atomic E-state index is 0.0152. The SMILES string of the molecule is CC(C)OC(=O)NCc1ccc(N=C(N)N)cc1. The van der Waals surface area contributed by atoms with Gasteiger partial charge in [-0.1, -0.05) is 12.1 Å². The first-order chi connectivity index (χ1) is 8.47. The van der Waals surface area contributed by atoms with E-state index < -0.39 is 6.09 Å². The number of guanidine groups is 1. The van der Waals surface area contributed by atoms with Crippen molar-refractivity contribution in [3.05, 3.63) is 29.8 Å². The number of aliphatic imine (C=N–C) groups is 1. The summed E-state index contributed by atoms with van der Waals surface area (Å²) in [4.78, 5) is 15.1. The molecule has 0 saturated carbocycles. The van der Waals surface area contributed by atoms with Crippen molar-refractivity contribution in [2.75, 3.05) is 0 Å². The van der Waals surface area contributed by atoms with Gasteiger partial charge in [-0.2, -0.15) is 0 Å². The van der Waals surface area contributed by atoms with E-state index in [2.05, 4.69) is 10.3 Å². The molecule has 5 N–H and O–H groups in total. The number of benzene rings is 1. The van der Waals surface area contributed by atoms with Crippen molar-refractivity contribution in [1.82, 2.24) is 5.32 Å². The molecule has 1 aromatic rings. The average molecular weight is 250 g/mol. The van der Waals surface area contributed by atoms with Crippen LogP contribution in [0.2, 0.25) is 0 Å². The van der Waals surface area contributed by atoms with Crippen molar-refractivity contribution in [2.24, 2.45) is 16.5 Å². The summed E-state index contributed by atoms with van der Waals surface area (Å²) in [7, 11) is 0. The van der Waals surface area contributed by atoms with Crippen LogP contribution in [0.15, 0.2) is 29.3 Å². The molecule has 0 aliphatic heterocycles. The Balaban J connectivity index is 2.49. The monoisotopic (exact) mass is 250 g/mol. The van der Waals surface area contributed by atoms with Crippen LogP contribution >= 0.6 is 0 Å². The minimum atomic E-state index is -0.432. The fraction of sp³-hybridized carbons (Fsp3) is 0.333. The molecule has 0 radical (unpaired) electrons. The summed E-state index contributed by atoms with van der Waals surface area (Å²) < 4.78 is 4.94. The van der Waals surface area contributed by atoms with Gasteiger partial charge < -0.3 is 21.5 Å². The molecule has 0 saturated heterocycles. The van der Waals surface area contributed by atoms with Crippen molar-refractivity contribution in [3.8, 4) is 0 Å². The van der Waals surface area contributed by atoms with Crippen molar-refractivity contribution >= 4 is 17.7 Å². The highest BCUT2D eigenvalue weighted by molar-refractivity contribution is 5.78. The number of nitrogens with one attached hydrogen (secondary N) is 1. The van der Waals surface area contributed by atoms with Crippen molar-refractivity contribution in [1.29, 1.82) is 0 Å². The lowest BCUT2D eigenvalue weighted by Crippen LogP contribution is -2.26. The molecule has 98 valence electrons. The smallest absolute Gasteiger partial charge is 0.407 e. The van der Waals surface area contributed by atoms with Crippen LogP contribution in [0.1, 0.15) is 19.4 Å². The Hall–Kier alpha value is -2.24. The fourth-order valence-electron chi connectivity index (χ4n) is 1.27. The molecule has 6 heteroatoms. The number of amides is 1. The number of ether oxygens (including phenoxy) is 1. The fourth-order valence-corrected chi connectivity index (χ4v) is 1.27. The van der Waals surface area contributed by atoms with Gasteiger partial charge in [0, 0.05) is 6.54 Å². The van der Waals surface area contributed by atoms with Gasteiger partial charge in [0.2, 0.25) is 0 Å². The van der Waals surface area contributed by atoms with Gasteiger partial charge in [0.1, 0.15) is 0 Å². The molecule has 0 atom stereocenters.